The van der Waals surface area contributed by atoms with Gasteiger partial charge in [0.1, 0.15) is 16.4 Å². The molecular formula is C17H20FN3O3S. The Bertz CT molecular complexity index is 856. The molecule has 1 aliphatic heterocycles. The number of H-pyrrole nitrogens is 1. The van der Waals surface area contributed by atoms with E-state index in [1.807, 2.05) is 0 Å². The molecule has 6 nitrogen and oxygen atoms in total. The van der Waals surface area contributed by atoms with E-state index in [2.05, 4.69) is 4.98 Å². The summed E-state index contributed by atoms with van der Waals surface area (Å²) in [7, 11) is -3.84. The van der Waals surface area contributed by atoms with E-state index in [9.17, 15) is 17.6 Å². The number of carbonyl (C=O) groups is 1. The van der Waals surface area contributed by atoms with Crippen molar-refractivity contribution in [2.45, 2.75) is 24.7 Å². The van der Waals surface area contributed by atoms with Gasteiger partial charge in [-0.3, -0.25) is 9.10 Å². The molecule has 1 aromatic heterocycles. The Kier molecular flexibility index (Phi) is 4.80. The first-order valence-corrected chi connectivity index (χ1v) is 9.63. The van der Waals surface area contributed by atoms with Crippen molar-refractivity contribution in [1.29, 1.82) is 0 Å². The maximum atomic E-state index is 13.1. The maximum absolute atomic E-state index is 13.1. The van der Waals surface area contributed by atoms with Crippen LogP contribution in [-0.4, -0.2) is 43.8 Å². The Morgan fingerprint density at radius 1 is 1.24 bits per heavy atom. The fourth-order valence-corrected chi connectivity index (χ4v) is 4.43. The highest BCUT2D eigenvalue weighted by Gasteiger charge is 2.27. The van der Waals surface area contributed by atoms with E-state index in [0.29, 0.717) is 18.8 Å². The topological polar surface area (TPSA) is 73.5 Å². The molecular weight excluding hydrogens is 345 g/mol. The zero-order valence-corrected chi connectivity index (χ0v) is 14.7. The molecule has 0 saturated carbocycles. The second-order valence-corrected chi connectivity index (χ2v) is 7.76. The average Bonchev–Trinajstić information content (AvgIpc) is 3.28. The number of halogens is 1. The van der Waals surface area contributed by atoms with Gasteiger partial charge in [0.15, 0.2) is 0 Å². The summed E-state index contributed by atoms with van der Waals surface area (Å²) in [6.07, 6.45) is 3.25. The highest BCUT2D eigenvalue weighted by atomic mass is 32.2. The van der Waals surface area contributed by atoms with Crippen LogP contribution in [0.3, 0.4) is 0 Å². The van der Waals surface area contributed by atoms with E-state index in [0.717, 1.165) is 12.8 Å². The standard InChI is InChI=1S/C17H20FN3O3S/c1-2-21(14-7-5-13(18)6-8-14)25(23,24)15-11-16(19-12-15)17(22)20-9-3-4-10-20/h5-8,11-12,19H,2-4,9-10H2,1H3. The van der Waals surface area contributed by atoms with Gasteiger partial charge in [-0.15, -0.1) is 0 Å². The summed E-state index contributed by atoms with van der Waals surface area (Å²) < 4.78 is 40.1. The number of benzene rings is 1. The van der Waals surface area contributed by atoms with E-state index in [1.54, 1.807) is 11.8 Å². The predicted octanol–water partition coefficient (Wildman–Crippen LogP) is 2.61. The van der Waals surface area contributed by atoms with Gasteiger partial charge in [0.05, 0.1) is 5.69 Å². The molecule has 1 N–H and O–H groups in total. The fraction of sp³-hybridized carbons (Fsp3) is 0.353. The number of carbonyl (C=O) groups excluding carboxylic acids is 1. The van der Waals surface area contributed by atoms with Crippen molar-refractivity contribution < 1.29 is 17.6 Å². The third kappa shape index (κ3) is 3.39. The molecule has 1 aliphatic rings. The third-order valence-electron chi connectivity index (χ3n) is 4.27. The maximum Gasteiger partial charge on any atom is 0.270 e. The highest BCUT2D eigenvalue weighted by Crippen LogP contribution is 2.25. The molecule has 134 valence electrons. The number of rotatable bonds is 5. The van der Waals surface area contributed by atoms with Gasteiger partial charge in [-0.05, 0) is 50.1 Å². The van der Waals surface area contributed by atoms with Crippen LogP contribution in [0, 0.1) is 5.82 Å². The molecule has 1 saturated heterocycles. The molecule has 2 heterocycles. The van der Waals surface area contributed by atoms with Gasteiger partial charge < -0.3 is 9.88 Å². The molecule has 8 heteroatoms. The number of anilines is 1. The largest absolute Gasteiger partial charge is 0.356 e. The third-order valence-corrected chi connectivity index (χ3v) is 6.15. The Hall–Kier alpha value is -2.35. The molecule has 1 aromatic carbocycles. The minimum Gasteiger partial charge on any atom is -0.356 e. The number of likely N-dealkylation sites (tertiary alicyclic amines) is 1. The average molecular weight is 365 g/mol. The molecule has 0 aliphatic carbocycles. The van der Waals surface area contributed by atoms with Crippen molar-refractivity contribution in [1.82, 2.24) is 9.88 Å². The van der Waals surface area contributed by atoms with Crippen LogP contribution in [0.4, 0.5) is 10.1 Å². The number of nitrogens with one attached hydrogen (secondary N) is 1. The molecule has 25 heavy (non-hydrogen) atoms. The van der Waals surface area contributed by atoms with E-state index in [4.69, 9.17) is 0 Å². The number of aromatic amines is 1. The van der Waals surface area contributed by atoms with Crippen molar-refractivity contribution in [3.8, 4) is 0 Å². The lowest BCUT2D eigenvalue weighted by Crippen LogP contribution is -2.30. The Balaban J connectivity index is 1.88. The first-order chi connectivity index (χ1) is 11.9. The van der Waals surface area contributed by atoms with Gasteiger partial charge in [-0.25, -0.2) is 12.8 Å². The summed E-state index contributed by atoms with van der Waals surface area (Å²) >= 11 is 0. The first-order valence-electron chi connectivity index (χ1n) is 8.19. The molecule has 1 amide bonds. The number of hydrogen-bond acceptors (Lipinski definition) is 3. The molecule has 0 bridgehead atoms. The summed E-state index contributed by atoms with van der Waals surface area (Å²) in [5.41, 5.74) is 0.633. The second-order valence-electron chi connectivity index (χ2n) is 5.89. The highest BCUT2D eigenvalue weighted by molar-refractivity contribution is 7.92. The van der Waals surface area contributed by atoms with Crippen LogP contribution < -0.4 is 4.31 Å². The van der Waals surface area contributed by atoms with Crippen LogP contribution in [0.15, 0.2) is 41.4 Å². The number of hydrogen-bond donors (Lipinski definition) is 1. The first kappa shape index (κ1) is 17.5. The van der Waals surface area contributed by atoms with Gasteiger partial charge in [0, 0.05) is 25.8 Å². The molecule has 0 unspecified atom stereocenters. The Morgan fingerprint density at radius 3 is 2.48 bits per heavy atom. The summed E-state index contributed by atoms with van der Waals surface area (Å²) in [6.45, 7) is 3.27. The van der Waals surface area contributed by atoms with E-state index < -0.39 is 15.8 Å². The summed E-state index contributed by atoms with van der Waals surface area (Å²) in [4.78, 5) is 16.9. The number of sulfonamides is 1. The van der Waals surface area contributed by atoms with E-state index in [-0.39, 0.29) is 23.0 Å². The van der Waals surface area contributed by atoms with Crippen molar-refractivity contribution in [3.05, 3.63) is 48.0 Å². The molecule has 0 spiro atoms. The lowest BCUT2D eigenvalue weighted by molar-refractivity contribution is 0.0787. The Morgan fingerprint density at radius 2 is 1.88 bits per heavy atom. The zero-order valence-electron chi connectivity index (χ0n) is 13.9. The van der Waals surface area contributed by atoms with Gasteiger partial charge in [-0.2, -0.15) is 0 Å². The monoisotopic (exact) mass is 365 g/mol. The zero-order chi connectivity index (χ0) is 18.0. The van der Waals surface area contributed by atoms with Crippen LogP contribution in [0.1, 0.15) is 30.3 Å². The lowest BCUT2D eigenvalue weighted by atomic mass is 10.3. The molecule has 0 atom stereocenters. The Labute approximate surface area is 146 Å². The second kappa shape index (κ2) is 6.87. The number of aromatic nitrogens is 1. The minimum atomic E-state index is -3.84. The van der Waals surface area contributed by atoms with Gasteiger partial charge in [0.25, 0.3) is 15.9 Å². The van der Waals surface area contributed by atoms with E-state index in [1.165, 1.54) is 40.8 Å². The van der Waals surface area contributed by atoms with Crippen molar-refractivity contribution >= 4 is 21.6 Å². The summed E-state index contributed by atoms with van der Waals surface area (Å²) in [5, 5.41) is 0. The normalized spacial score (nSPS) is 14.7. The summed E-state index contributed by atoms with van der Waals surface area (Å²) in [5.74, 6) is -0.624. The SMILES string of the molecule is CCN(c1ccc(F)cc1)S(=O)(=O)c1c[nH]c(C(=O)N2CCCC2)c1. The lowest BCUT2D eigenvalue weighted by Gasteiger charge is -2.22. The van der Waals surface area contributed by atoms with Crippen LogP contribution in [0.2, 0.25) is 0 Å². The molecule has 0 radical (unpaired) electrons. The molecule has 1 fully saturated rings. The van der Waals surface area contributed by atoms with Crippen LogP contribution in [-0.2, 0) is 10.0 Å². The van der Waals surface area contributed by atoms with Gasteiger partial charge >= 0.3 is 0 Å². The van der Waals surface area contributed by atoms with Gasteiger partial charge in [0.2, 0.25) is 0 Å². The molecule has 3 rings (SSSR count). The smallest absolute Gasteiger partial charge is 0.270 e. The van der Waals surface area contributed by atoms with Crippen molar-refractivity contribution in [2.75, 3.05) is 23.9 Å². The summed E-state index contributed by atoms with van der Waals surface area (Å²) in [6, 6.07) is 6.63. The molecule has 2 aromatic rings. The number of nitrogens with zero attached hydrogens (tertiary/aromatic N) is 2. The van der Waals surface area contributed by atoms with E-state index >= 15 is 0 Å². The predicted molar refractivity (Wildman–Crippen MR) is 92.5 cm³/mol. The minimum absolute atomic E-state index is 0.0150. The van der Waals surface area contributed by atoms with Crippen molar-refractivity contribution in [3.63, 3.8) is 0 Å². The quantitative estimate of drug-likeness (QED) is 0.885. The van der Waals surface area contributed by atoms with Crippen LogP contribution in [0.5, 0.6) is 0 Å². The number of amides is 1. The van der Waals surface area contributed by atoms with Crippen LogP contribution >= 0.6 is 0 Å². The van der Waals surface area contributed by atoms with Crippen LogP contribution in [0.25, 0.3) is 0 Å². The van der Waals surface area contributed by atoms with Crippen molar-refractivity contribution in [2.24, 2.45) is 0 Å². The fourth-order valence-electron chi connectivity index (χ4n) is 2.96. The van der Waals surface area contributed by atoms with Gasteiger partial charge in [-0.1, -0.05) is 0 Å².